The zero-order valence-corrected chi connectivity index (χ0v) is 19.9. The predicted molar refractivity (Wildman–Crippen MR) is 128 cm³/mol. The van der Waals surface area contributed by atoms with Crippen molar-refractivity contribution in [2.45, 2.75) is 12.3 Å². The monoisotopic (exact) mass is 561 g/mol. The number of amides is 1. The number of methoxy groups -OCH3 is 1. The third-order valence-corrected chi connectivity index (χ3v) is 6.62. The van der Waals surface area contributed by atoms with Gasteiger partial charge in [-0.1, -0.05) is 11.6 Å². The highest BCUT2D eigenvalue weighted by molar-refractivity contribution is 14.1. The van der Waals surface area contributed by atoms with E-state index in [0.717, 1.165) is 33.2 Å². The number of carbonyl (C=O) groups is 1. The van der Waals surface area contributed by atoms with E-state index >= 15 is 0 Å². The lowest BCUT2D eigenvalue weighted by Gasteiger charge is -2.28. The Hall–Kier alpha value is -1.60. The topological polar surface area (TPSA) is 78.4 Å². The molecule has 0 aliphatic carbocycles. The maximum absolute atomic E-state index is 12.4. The molecule has 11 heteroatoms. The number of hydrogen-bond acceptors (Lipinski definition) is 8. The van der Waals surface area contributed by atoms with Gasteiger partial charge in [0.05, 0.1) is 29.7 Å². The van der Waals surface area contributed by atoms with E-state index in [0.29, 0.717) is 17.4 Å². The molecule has 1 unspecified atom stereocenters. The molecular formula is C19H21ClIN5O3S. The molecule has 1 aromatic carbocycles. The van der Waals surface area contributed by atoms with Crippen LogP contribution in [0.25, 0.3) is 0 Å². The second kappa shape index (κ2) is 9.69. The second-order valence-electron chi connectivity index (χ2n) is 6.73. The number of nitrogens with zero attached hydrogens (tertiary/aromatic N) is 3. The Bertz CT molecular complexity index is 925. The smallest absolute Gasteiger partial charge is 0.414 e. The predicted octanol–water partition coefficient (Wildman–Crippen LogP) is 3.78. The molecule has 2 aromatic rings. The molecule has 2 N–H and O–H groups in total. The minimum atomic E-state index is -0.347. The number of nitrogens with one attached hydrogen (secondary N) is 2. The average Bonchev–Trinajstić information content (AvgIpc) is 3.34. The molecule has 160 valence electrons. The van der Waals surface area contributed by atoms with Gasteiger partial charge in [-0.05, 0) is 36.4 Å². The third-order valence-electron chi connectivity index (χ3n) is 4.77. The van der Waals surface area contributed by atoms with Crippen LogP contribution in [0.15, 0.2) is 41.4 Å². The molecule has 0 spiro atoms. The van der Waals surface area contributed by atoms with Crippen molar-refractivity contribution in [2.24, 2.45) is 4.99 Å². The first-order valence-corrected chi connectivity index (χ1v) is 11.6. The summed E-state index contributed by atoms with van der Waals surface area (Å²) in [6.45, 7) is 2.49. The number of cyclic esters (lactones) is 1. The number of aliphatic imine (C=N–C) groups is 1. The van der Waals surface area contributed by atoms with E-state index in [1.165, 1.54) is 11.3 Å². The van der Waals surface area contributed by atoms with Gasteiger partial charge in [0.2, 0.25) is 0 Å². The van der Waals surface area contributed by atoms with Crippen LogP contribution in [0.1, 0.15) is 11.1 Å². The van der Waals surface area contributed by atoms with E-state index in [1.54, 1.807) is 12.0 Å². The Labute approximate surface area is 197 Å². The minimum absolute atomic E-state index is 0.271. The van der Waals surface area contributed by atoms with Crippen molar-refractivity contribution in [3.05, 3.63) is 45.6 Å². The largest absolute Gasteiger partial charge is 0.443 e. The fourth-order valence-electron chi connectivity index (χ4n) is 3.30. The van der Waals surface area contributed by atoms with Gasteiger partial charge in [0.25, 0.3) is 0 Å². The number of amidine groups is 1. The quantitative estimate of drug-likeness (QED) is 0.304. The standard InChI is InChI=1S/C19H21ClIN5O3S/c1-28-17(15-6-7-16(20)30-15)23-10-14-11-25(19(27)29-14)12-2-4-13(5-3-12)26-9-8-22-18(21)24-26/h2-7,14,17,23H,8-11H2,1H3,(H,22,24)/t14-,17?/m0/s1. The van der Waals surface area contributed by atoms with Gasteiger partial charge < -0.3 is 9.47 Å². The summed E-state index contributed by atoms with van der Waals surface area (Å²) in [5, 5.41) is 5.33. The van der Waals surface area contributed by atoms with E-state index in [1.807, 2.05) is 41.4 Å². The number of carbonyl (C=O) groups excluding carboxylic acids is 1. The zero-order chi connectivity index (χ0) is 21.1. The molecule has 2 aliphatic rings. The molecule has 4 rings (SSSR count). The van der Waals surface area contributed by atoms with Crippen LogP contribution < -0.4 is 20.7 Å². The Balaban J connectivity index is 1.34. The molecule has 1 saturated heterocycles. The molecular weight excluding hydrogens is 541 g/mol. The van der Waals surface area contributed by atoms with E-state index < -0.39 is 0 Å². The van der Waals surface area contributed by atoms with Gasteiger partial charge in [0, 0.05) is 46.8 Å². The van der Waals surface area contributed by atoms with Crippen molar-refractivity contribution in [1.82, 2.24) is 10.7 Å². The van der Waals surface area contributed by atoms with Crippen LogP contribution in [-0.2, 0) is 9.47 Å². The maximum Gasteiger partial charge on any atom is 0.414 e. The van der Waals surface area contributed by atoms with E-state index in [9.17, 15) is 4.79 Å². The number of hydrazine groups is 1. The molecule has 3 heterocycles. The molecule has 1 amide bonds. The van der Waals surface area contributed by atoms with Gasteiger partial charge in [0.1, 0.15) is 12.3 Å². The van der Waals surface area contributed by atoms with E-state index in [4.69, 9.17) is 21.1 Å². The van der Waals surface area contributed by atoms with Crippen LogP contribution in [0.3, 0.4) is 0 Å². The van der Waals surface area contributed by atoms with Crippen molar-refractivity contribution >= 4 is 66.8 Å². The van der Waals surface area contributed by atoms with Gasteiger partial charge in [-0.2, -0.15) is 0 Å². The first kappa shape index (κ1) is 21.6. The lowest BCUT2D eigenvalue weighted by molar-refractivity contribution is 0.0617. The van der Waals surface area contributed by atoms with Crippen LogP contribution in [0, 0.1) is 0 Å². The number of hydrogen-bond donors (Lipinski definition) is 2. The summed E-state index contributed by atoms with van der Waals surface area (Å²) in [6, 6.07) is 11.6. The SMILES string of the molecule is COC(NC[C@H]1CN(c2ccc(N3CCN=C(I)N3)cc2)C(=O)O1)c1ccc(Cl)s1. The van der Waals surface area contributed by atoms with Crippen molar-refractivity contribution in [2.75, 3.05) is 43.2 Å². The lowest BCUT2D eigenvalue weighted by Crippen LogP contribution is -2.45. The van der Waals surface area contributed by atoms with Gasteiger partial charge in [-0.15, -0.1) is 11.3 Å². The molecule has 0 saturated carbocycles. The number of halogens is 2. The molecule has 1 aromatic heterocycles. The fraction of sp³-hybridized carbons (Fsp3) is 0.368. The maximum atomic E-state index is 12.4. The highest BCUT2D eigenvalue weighted by atomic mass is 127. The van der Waals surface area contributed by atoms with Crippen molar-refractivity contribution in [3.63, 3.8) is 0 Å². The minimum Gasteiger partial charge on any atom is -0.443 e. The third kappa shape index (κ3) is 4.99. The van der Waals surface area contributed by atoms with E-state index in [2.05, 4.69) is 38.3 Å². The molecule has 0 radical (unpaired) electrons. The highest BCUT2D eigenvalue weighted by Gasteiger charge is 2.33. The summed E-state index contributed by atoms with van der Waals surface area (Å²) in [5.41, 5.74) is 5.05. The number of anilines is 2. The summed E-state index contributed by atoms with van der Waals surface area (Å²) in [7, 11) is 1.63. The Morgan fingerprint density at radius 2 is 2.13 bits per heavy atom. The Morgan fingerprint density at radius 3 is 2.80 bits per heavy atom. The number of ether oxygens (including phenoxy) is 2. The average molecular weight is 562 g/mol. The molecule has 2 atom stereocenters. The van der Waals surface area contributed by atoms with Gasteiger partial charge in [-0.25, -0.2) is 4.79 Å². The molecule has 2 aliphatic heterocycles. The van der Waals surface area contributed by atoms with Crippen molar-refractivity contribution < 1.29 is 14.3 Å². The summed E-state index contributed by atoms with van der Waals surface area (Å²) in [6.07, 6.45) is -0.912. The van der Waals surface area contributed by atoms with E-state index in [-0.39, 0.29) is 18.4 Å². The van der Waals surface area contributed by atoms with Crippen molar-refractivity contribution in [1.29, 1.82) is 0 Å². The number of benzene rings is 1. The summed E-state index contributed by atoms with van der Waals surface area (Å²) < 4.78 is 12.6. The van der Waals surface area contributed by atoms with Crippen LogP contribution >= 0.6 is 45.5 Å². The lowest BCUT2D eigenvalue weighted by atomic mass is 10.2. The molecule has 1 fully saturated rings. The zero-order valence-electron chi connectivity index (χ0n) is 16.2. The van der Waals surface area contributed by atoms with Gasteiger partial charge in [-0.3, -0.25) is 25.6 Å². The van der Waals surface area contributed by atoms with Crippen molar-refractivity contribution in [3.8, 4) is 0 Å². The first-order valence-electron chi connectivity index (χ1n) is 9.37. The second-order valence-corrected chi connectivity index (χ2v) is 9.50. The fourth-order valence-corrected chi connectivity index (χ4v) is 4.95. The van der Waals surface area contributed by atoms with Crippen LogP contribution in [0.2, 0.25) is 4.34 Å². The number of rotatable bonds is 7. The van der Waals surface area contributed by atoms with Crippen LogP contribution in [0.5, 0.6) is 0 Å². The summed E-state index contributed by atoms with van der Waals surface area (Å²) in [4.78, 5) is 19.3. The van der Waals surface area contributed by atoms with Gasteiger partial charge in [0.15, 0.2) is 3.84 Å². The van der Waals surface area contributed by atoms with Crippen LogP contribution in [-0.4, -0.2) is 49.3 Å². The van der Waals surface area contributed by atoms with Gasteiger partial charge >= 0.3 is 6.09 Å². The number of thiophene rings is 1. The molecule has 30 heavy (non-hydrogen) atoms. The van der Waals surface area contributed by atoms with Crippen LogP contribution in [0.4, 0.5) is 16.2 Å². The summed E-state index contributed by atoms with van der Waals surface area (Å²) in [5.74, 6) is 0. The first-order chi connectivity index (χ1) is 14.5. The normalized spacial score (nSPS) is 20.0. The molecule has 8 nitrogen and oxygen atoms in total. The summed E-state index contributed by atoms with van der Waals surface area (Å²) >= 11 is 9.63. The highest BCUT2D eigenvalue weighted by Crippen LogP contribution is 2.28. The Morgan fingerprint density at radius 1 is 1.37 bits per heavy atom. The molecule has 0 bridgehead atoms. The Kier molecular flexibility index (Phi) is 6.98.